The van der Waals surface area contributed by atoms with E-state index in [-0.39, 0.29) is 24.1 Å². The fourth-order valence-electron chi connectivity index (χ4n) is 1.91. The van der Waals surface area contributed by atoms with Crippen molar-refractivity contribution in [3.05, 3.63) is 59.4 Å². The molecule has 0 radical (unpaired) electrons. The van der Waals surface area contributed by atoms with Gasteiger partial charge in [0.25, 0.3) is 5.71 Å². The lowest BCUT2D eigenvalue weighted by Gasteiger charge is -2.02. The van der Waals surface area contributed by atoms with Crippen molar-refractivity contribution in [1.82, 2.24) is 4.98 Å². The number of pyridine rings is 1. The molecule has 0 unspecified atom stereocenters. The first-order chi connectivity index (χ1) is 11.1. The Balaban J connectivity index is 0.00000288. The maximum absolute atomic E-state index is 11.5. The van der Waals surface area contributed by atoms with E-state index in [0.717, 1.165) is 5.56 Å². The van der Waals surface area contributed by atoms with Gasteiger partial charge < -0.3 is 22.3 Å². The SMILES string of the molecule is CCOC(=O)c1ccc(CO[NH+]=C(C)c2ncccc2O)cc1.[Cl-]. The summed E-state index contributed by atoms with van der Waals surface area (Å²) in [5.41, 5.74) is 2.43. The van der Waals surface area contributed by atoms with Crippen molar-refractivity contribution < 1.29 is 37.0 Å². The lowest BCUT2D eigenvalue weighted by atomic mass is 10.1. The number of ether oxygens (including phenoxy) is 1. The summed E-state index contributed by atoms with van der Waals surface area (Å²) >= 11 is 0. The number of benzene rings is 1. The number of nitrogens with one attached hydrogen (secondary N) is 1. The summed E-state index contributed by atoms with van der Waals surface area (Å²) in [5, 5.41) is 12.4. The maximum Gasteiger partial charge on any atom is 0.338 e. The van der Waals surface area contributed by atoms with Crippen molar-refractivity contribution >= 4 is 11.7 Å². The predicted molar refractivity (Wildman–Crippen MR) is 83.8 cm³/mol. The van der Waals surface area contributed by atoms with Crippen LogP contribution in [0.3, 0.4) is 0 Å². The second kappa shape index (κ2) is 9.52. The van der Waals surface area contributed by atoms with E-state index in [1.54, 1.807) is 56.4 Å². The van der Waals surface area contributed by atoms with E-state index in [9.17, 15) is 9.90 Å². The van der Waals surface area contributed by atoms with Crippen molar-refractivity contribution in [1.29, 1.82) is 0 Å². The molecular formula is C17H19ClN2O4. The molecule has 0 amide bonds. The van der Waals surface area contributed by atoms with Crippen molar-refractivity contribution in [3.8, 4) is 5.75 Å². The molecule has 0 saturated heterocycles. The predicted octanol–water partition coefficient (Wildman–Crippen LogP) is -2.01. The smallest absolute Gasteiger partial charge is 0.338 e. The van der Waals surface area contributed by atoms with E-state index in [1.165, 1.54) is 0 Å². The number of halogens is 1. The highest BCUT2D eigenvalue weighted by atomic mass is 35.5. The van der Waals surface area contributed by atoms with Crippen LogP contribution in [0.15, 0.2) is 42.6 Å². The molecule has 0 aliphatic heterocycles. The number of hydrogen-bond donors (Lipinski definition) is 2. The average molecular weight is 351 g/mol. The fourth-order valence-corrected chi connectivity index (χ4v) is 1.91. The summed E-state index contributed by atoms with van der Waals surface area (Å²) in [6.45, 7) is 4.17. The first-order valence-electron chi connectivity index (χ1n) is 7.23. The maximum atomic E-state index is 11.5. The third-order valence-electron chi connectivity index (χ3n) is 3.07. The summed E-state index contributed by atoms with van der Waals surface area (Å²) in [6.07, 6.45) is 1.59. The Hall–Kier alpha value is -2.60. The van der Waals surface area contributed by atoms with Crippen LogP contribution in [0.25, 0.3) is 0 Å². The minimum atomic E-state index is -0.340. The molecule has 2 rings (SSSR count). The average Bonchev–Trinajstić information content (AvgIpc) is 2.56. The van der Waals surface area contributed by atoms with Crippen LogP contribution in [-0.4, -0.2) is 28.4 Å². The first kappa shape index (κ1) is 19.4. The van der Waals surface area contributed by atoms with Crippen LogP contribution in [0, 0.1) is 0 Å². The highest BCUT2D eigenvalue weighted by Gasteiger charge is 2.11. The summed E-state index contributed by atoms with van der Waals surface area (Å²) in [5.74, 6) is -0.257. The minimum absolute atomic E-state index is 0. The Morgan fingerprint density at radius 1 is 1.25 bits per heavy atom. The molecule has 0 aliphatic rings. The van der Waals surface area contributed by atoms with Gasteiger partial charge in [0.05, 0.1) is 12.2 Å². The van der Waals surface area contributed by atoms with Gasteiger partial charge in [0.15, 0.2) is 12.3 Å². The molecular weight excluding hydrogens is 332 g/mol. The largest absolute Gasteiger partial charge is 1.00 e. The van der Waals surface area contributed by atoms with E-state index >= 15 is 0 Å². The molecule has 1 heterocycles. The number of nitrogens with zero attached hydrogens (tertiary/aromatic N) is 1. The lowest BCUT2D eigenvalue weighted by Crippen LogP contribution is -3.00. The van der Waals surface area contributed by atoms with Crippen molar-refractivity contribution in [2.75, 3.05) is 6.61 Å². The van der Waals surface area contributed by atoms with Crippen molar-refractivity contribution in [2.45, 2.75) is 20.5 Å². The summed E-state index contributed by atoms with van der Waals surface area (Å²) < 4.78 is 4.92. The van der Waals surface area contributed by atoms with Crippen LogP contribution in [0.1, 0.15) is 35.5 Å². The molecule has 1 aromatic carbocycles. The van der Waals surface area contributed by atoms with Gasteiger partial charge in [0.2, 0.25) is 0 Å². The lowest BCUT2D eigenvalue weighted by molar-refractivity contribution is -0.758. The monoisotopic (exact) mass is 350 g/mol. The highest BCUT2D eigenvalue weighted by Crippen LogP contribution is 2.11. The Kier molecular flexibility index (Phi) is 7.71. The molecule has 0 spiro atoms. The molecule has 0 aliphatic carbocycles. The van der Waals surface area contributed by atoms with Gasteiger partial charge in [-0.25, -0.2) is 9.78 Å². The molecule has 2 aromatic rings. The number of aromatic hydroxyl groups is 1. The van der Waals surface area contributed by atoms with Gasteiger partial charge in [-0.15, -0.1) is 0 Å². The summed E-state index contributed by atoms with van der Waals surface area (Å²) in [7, 11) is 0. The third-order valence-corrected chi connectivity index (χ3v) is 3.07. The molecule has 0 bridgehead atoms. The van der Waals surface area contributed by atoms with E-state index in [4.69, 9.17) is 9.57 Å². The molecule has 1 aromatic heterocycles. The molecule has 6 nitrogen and oxygen atoms in total. The normalized spacial score (nSPS) is 10.7. The van der Waals surface area contributed by atoms with Crippen molar-refractivity contribution in [3.63, 3.8) is 0 Å². The summed E-state index contributed by atoms with van der Waals surface area (Å²) in [6, 6.07) is 10.2. The number of esters is 1. The zero-order chi connectivity index (χ0) is 16.7. The fraction of sp³-hybridized carbons (Fsp3) is 0.235. The standard InChI is InChI=1S/C17H18N2O4.ClH/c1-3-22-17(21)14-8-6-13(7-9-14)11-23-19-12(2)16-15(20)5-4-10-18-16;/h4-10,20H,3,11H2,1-2H3;1H. The van der Waals surface area contributed by atoms with Gasteiger partial charge in [0.1, 0.15) is 5.75 Å². The Bertz CT molecular complexity index is 702. The number of aromatic nitrogens is 1. The molecule has 0 atom stereocenters. The van der Waals surface area contributed by atoms with Gasteiger partial charge in [0, 0.05) is 13.1 Å². The van der Waals surface area contributed by atoms with Crippen LogP contribution in [0.4, 0.5) is 0 Å². The third kappa shape index (κ3) is 5.24. The highest BCUT2D eigenvalue weighted by molar-refractivity contribution is 5.94. The number of rotatable bonds is 6. The van der Waals surface area contributed by atoms with Gasteiger partial charge >= 0.3 is 5.97 Å². The zero-order valence-electron chi connectivity index (χ0n) is 13.5. The van der Waals surface area contributed by atoms with Gasteiger partial charge in [-0.3, -0.25) is 4.84 Å². The van der Waals surface area contributed by atoms with Crippen LogP contribution < -0.4 is 17.6 Å². The van der Waals surface area contributed by atoms with Gasteiger partial charge in [-0.1, -0.05) is 12.1 Å². The second-order valence-corrected chi connectivity index (χ2v) is 4.80. The molecule has 2 N–H and O–H groups in total. The van der Waals surface area contributed by atoms with E-state index in [0.29, 0.717) is 30.2 Å². The Labute approximate surface area is 146 Å². The number of carbonyl (C=O) groups is 1. The van der Waals surface area contributed by atoms with Crippen molar-refractivity contribution in [2.24, 2.45) is 0 Å². The molecule has 0 fully saturated rings. The second-order valence-electron chi connectivity index (χ2n) is 4.80. The molecule has 7 heteroatoms. The van der Waals surface area contributed by atoms with Gasteiger partial charge in [-0.05, 0) is 41.9 Å². The molecule has 24 heavy (non-hydrogen) atoms. The summed E-state index contributed by atoms with van der Waals surface area (Å²) in [4.78, 5) is 21.0. The zero-order valence-corrected chi connectivity index (χ0v) is 14.2. The van der Waals surface area contributed by atoms with E-state index < -0.39 is 0 Å². The van der Waals surface area contributed by atoms with Crippen LogP contribution >= 0.6 is 0 Å². The Morgan fingerprint density at radius 3 is 2.58 bits per heavy atom. The van der Waals surface area contributed by atoms with Crippen LogP contribution in [0.2, 0.25) is 0 Å². The number of carbonyl (C=O) groups excluding carboxylic acids is 1. The van der Waals surface area contributed by atoms with Crippen LogP contribution in [0.5, 0.6) is 5.75 Å². The van der Waals surface area contributed by atoms with Gasteiger partial charge in [-0.2, -0.15) is 0 Å². The molecule has 0 saturated carbocycles. The minimum Gasteiger partial charge on any atom is -1.00 e. The quantitative estimate of drug-likeness (QED) is 0.357. The molecule has 128 valence electrons. The topological polar surface area (TPSA) is 82.6 Å². The van der Waals surface area contributed by atoms with E-state index in [1.807, 2.05) is 0 Å². The van der Waals surface area contributed by atoms with Crippen LogP contribution in [-0.2, 0) is 16.2 Å². The Morgan fingerprint density at radius 2 is 1.96 bits per heavy atom. The first-order valence-corrected chi connectivity index (χ1v) is 7.23. The van der Waals surface area contributed by atoms with E-state index in [2.05, 4.69) is 10.1 Å². The number of hydrogen-bond acceptors (Lipinski definition) is 5.